The summed E-state index contributed by atoms with van der Waals surface area (Å²) in [6, 6.07) is 4.55. The number of halogens is 4. The van der Waals surface area contributed by atoms with Crippen molar-refractivity contribution in [2.24, 2.45) is 5.41 Å². The summed E-state index contributed by atoms with van der Waals surface area (Å²) in [5, 5.41) is 5.73. The third-order valence-corrected chi connectivity index (χ3v) is 3.49. The van der Waals surface area contributed by atoms with Crippen molar-refractivity contribution in [3.8, 4) is 0 Å². The van der Waals surface area contributed by atoms with Crippen LogP contribution in [0.1, 0.15) is 37.9 Å². The van der Waals surface area contributed by atoms with Crippen molar-refractivity contribution < 1.29 is 22.7 Å². The van der Waals surface area contributed by atoms with Crippen LogP contribution in [0.5, 0.6) is 0 Å². The highest BCUT2D eigenvalue weighted by atomic mass is 35.5. The number of rotatable bonds is 7. The summed E-state index contributed by atoms with van der Waals surface area (Å²) in [6.07, 6.45) is -4.41. The average molecular weight is 383 g/mol. The molecule has 1 rings (SSSR count). The van der Waals surface area contributed by atoms with Gasteiger partial charge in [-0.2, -0.15) is 13.2 Å². The van der Waals surface area contributed by atoms with Gasteiger partial charge in [-0.15, -0.1) is 12.4 Å². The lowest BCUT2D eigenvalue weighted by atomic mass is 9.82. The monoisotopic (exact) mass is 382 g/mol. The van der Waals surface area contributed by atoms with Crippen LogP contribution in [0, 0.1) is 5.41 Å². The summed E-state index contributed by atoms with van der Waals surface area (Å²) < 4.78 is 43.6. The third-order valence-electron chi connectivity index (χ3n) is 3.49. The molecule has 0 heterocycles. The van der Waals surface area contributed by atoms with Crippen molar-refractivity contribution in [1.29, 1.82) is 0 Å². The molecule has 0 saturated carbocycles. The molecule has 0 aliphatic rings. The molecule has 1 atom stereocenters. The Balaban J connectivity index is 0.00000576. The first-order chi connectivity index (χ1) is 11.1. The molecule has 0 aromatic heterocycles. The number of ether oxygens (including phenoxy) is 1. The lowest BCUT2D eigenvalue weighted by Gasteiger charge is -2.32. The van der Waals surface area contributed by atoms with Crippen molar-refractivity contribution in [2.45, 2.75) is 33.0 Å². The van der Waals surface area contributed by atoms with Gasteiger partial charge in [-0.25, -0.2) is 0 Å². The maximum Gasteiger partial charge on any atom is 0.416 e. The Labute approximate surface area is 152 Å². The fourth-order valence-electron chi connectivity index (χ4n) is 2.28. The molecule has 0 aliphatic carbocycles. The van der Waals surface area contributed by atoms with Gasteiger partial charge in [0.15, 0.2) is 0 Å². The summed E-state index contributed by atoms with van der Waals surface area (Å²) in [7, 11) is 1.56. The molecule has 4 nitrogen and oxygen atoms in total. The first-order valence-corrected chi connectivity index (χ1v) is 7.72. The van der Waals surface area contributed by atoms with Crippen molar-refractivity contribution in [1.82, 2.24) is 10.6 Å². The minimum absolute atomic E-state index is 0. The summed E-state index contributed by atoms with van der Waals surface area (Å²) in [6.45, 7) is 6.69. The second kappa shape index (κ2) is 9.99. The Morgan fingerprint density at radius 3 is 2.40 bits per heavy atom. The van der Waals surface area contributed by atoms with E-state index in [2.05, 4.69) is 10.6 Å². The largest absolute Gasteiger partial charge is 0.416 e. The maximum absolute atomic E-state index is 12.9. The molecule has 1 unspecified atom stereocenters. The molecule has 1 aromatic carbocycles. The van der Waals surface area contributed by atoms with E-state index >= 15 is 0 Å². The Morgan fingerprint density at radius 2 is 1.88 bits per heavy atom. The first kappa shape index (κ1) is 23.7. The van der Waals surface area contributed by atoms with Gasteiger partial charge in [-0.05, 0) is 23.1 Å². The van der Waals surface area contributed by atoms with Crippen LogP contribution in [0.4, 0.5) is 13.2 Å². The number of carbonyl (C=O) groups excluding carboxylic acids is 1. The highest BCUT2D eigenvalue weighted by molar-refractivity contribution is 5.85. The van der Waals surface area contributed by atoms with E-state index in [0.717, 1.165) is 12.1 Å². The highest BCUT2D eigenvalue weighted by Gasteiger charge is 2.33. The van der Waals surface area contributed by atoms with E-state index in [1.54, 1.807) is 13.2 Å². The van der Waals surface area contributed by atoms with Gasteiger partial charge < -0.3 is 15.4 Å². The molecule has 0 bridgehead atoms. The normalized spacial score (nSPS) is 13.1. The summed E-state index contributed by atoms with van der Waals surface area (Å²) in [5.41, 5.74) is -0.726. The number of hydrogen-bond donors (Lipinski definition) is 2. The van der Waals surface area contributed by atoms with Gasteiger partial charge in [0, 0.05) is 13.7 Å². The molecule has 1 aromatic rings. The van der Waals surface area contributed by atoms with Crippen LogP contribution >= 0.6 is 12.4 Å². The van der Waals surface area contributed by atoms with Crippen molar-refractivity contribution >= 4 is 18.3 Å². The number of carbonyl (C=O) groups is 1. The molecule has 144 valence electrons. The molecule has 0 fully saturated rings. The van der Waals surface area contributed by atoms with Crippen molar-refractivity contribution in [2.75, 3.05) is 26.8 Å². The lowest BCUT2D eigenvalue weighted by molar-refractivity contribution is -0.137. The Morgan fingerprint density at radius 1 is 1.24 bits per heavy atom. The Kier molecular flexibility index (Phi) is 9.47. The molecule has 0 radical (unpaired) electrons. The lowest BCUT2D eigenvalue weighted by Crippen LogP contribution is -2.41. The summed E-state index contributed by atoms with van der Waals surface area (Å²) >= 11 is 0. The fourth-order valence-corrected chi connectivity index (χ4v) is 2.28. The molecule has 0 aliphatic heterocycles. The minimum Gasteiger partial charge on any atom is -0.383 e. The van der Waals surface area contributed by atoms with E-state index in [4.69, 9.17) is 4.74 Å². The minimum atomic E-state index is -4.41. The standard InChI is InChI=1S/C17H25F3N2O2.ClH/c1-16(2,3)15(22-14(23)11-21-8-9-24-4)12-6-5-7-13(10-12)17(18,19)20;/h5-7,10,15,21H,8-9,11H2,1-4H3,(H,22,23);1H. The van der Waals surface area contributed by atoms with Crippen molar-refractivity contribution in [3.63, 3.8) is 0 Å². The SMILES string of the molecule is COCCNCC(=O)NC(c1cccc(C(F)(F)F)c1)C(C)(C)C.Cl. The zero-order valence-corrected chi connectivity index (χ0v) is 15.7. The smallest absolute Gasteiger partial charge is 0.383 e. The van der Waals surface area contributed by atoms with Gasteiger partial charge in [0.1, 0.15) is 0 Å². The molecule has 0 saturated heterocycles. The van der Waals surface area contributed by atoms with Crippen molar-refractivity contribution in [3.05, 3.63) is 35.4 Å². The van der Waals surface area contributed by atoms with Crippen LogP contribution in [0.25, 0.3) is 0 Å². The predicted octanol–water partition coefficient (Wildman–Crippen LogP) is 3.57. The zero-order valence-electron chi connectivity index (χ0n) is 14.9. The van der Waals surface area contributed by atoms with Gasteiger partial charge in [-0.3, -0.25) is 4.79 Å². The van der Waals surface area contributed by atoms with Crippen LogP contribution in [-0.2, 0) is 15.7 Å². The summed E-state index contributed by atoms with van der Waals surface area (Å²) in [5.74, 6) is -0.275. The molecule has 25 heavy (non-hydrogen) atoms. The second-order valence-electron chi connectivity index (χ2n) is 6.66. The summed E-state index contributed by atoms with van der Waals surface area (Å²) in [4.78, 5) is 12.1. The quantitative estimate of drug-likeness (QED) is 0.709. The zero-order chi connectivity index (χ0) is 18.4. The fraction of sp³-hybridized carbons (Fsp3) is 0.588. The van der Waals surface area contributed by atoms with Gasteiger partial charge in [0.05, 0.1) is 24.8 Å². The van der Waals surface area contributed by atoms with E-state index in [-0.39, 0.29) is 24.9 Å². The number of methoxy groups -OCH3 is 1. The van der Waals surface area contributed by atoms with Crippen LogP contribution in [0.15, 0.2) is 24.3 Å². The van der Waals surface area contributed by atoms with E-state index in [0.29, 0.717) is 18.7 Å². The van der Waals surface area contributed by atoms with Crippen LogP contribution < -0.4 is 10.6 Å². The second-order valence-corrected chi connectivity index (χ2v) is 6.66. The van der Waals surface area contributed by atoms with Crippen LogP contribution in [0.2, 0.25) is 0 Å². The first-order valence-electron chi connectivity index (χ1n) is 7.72. The average Bonchev–Trinajstić information content (AvgIpc) is 2.47. The van der Waals surface area contributed by atoms with Crippen LogP contribution in [-0.4, -0.2) is 32.7 Å². The number of nitrogens with one attached hydrogen (secondary N) is 2. The molecule has 1 amide bonds. The van der Waals surface area contributed by atoms with Gasteiger partial charge in [0.25, 0.3) is 0 Å². The van der Waals surface area contributed by atoms with Gasteiger partial charge in [0.2, 0.25) is 5.91 Å². The Bertz CT molecular complexity index is 545. The third kappa shape index (κ3) is 8.07. The molecule has 8 heteroatoms. The molecule has 0 spiro atoms. The van der Waals surface area contributed by atoms with Gasteiger partial charge in [-0.1, -0.05) is 32.9 Å². The van der Waals surface area contributed by atoms with Gasteiger partial charge >= 0.3 is 6.18 Å². The molecule has 2 N–H and O–H groups in total. The maximum atomic E-state index is 12.9. The van der Waals surface area contributed by atoms with Crippen LogP contribution in [0.3, 0.4) is 0 Å². The van der Waals surface area contributed by atoms with E-state index in [1.165, 1.54) is 6.07 Å². The molecular formula is C17H26ClF3N2O2. The molecular weight excluding hydrogens is 357 g/mol. The van der Waals surface area contributed by atoms with E-state index < -0.39 is 23.2 Å². The topological polar surface area (TPSA) is 50.4 Å². The van der Waals surface area contributed by atoms with E-state index in [9.17, 15) is 18.0 Å². The van der Waals surface area contributed by atoms with E-state index in [1.807, 2.05) is 20.8 Å². The highest BCUT2D eigenvalue weighted by Crippen LogP contribution is 2.36. The Hall–Kier alpha value is -1.31. The number of benzene rings is 1. The number of amides is 1. The number of alkyl halides is 3. The number of hydrogen-bond acceptors (Lipinski definition) is 3. The predicted molar refractivity (Wildman–Crippen MR) is 93.8 cm³/mol.